The molecule has 0 saturated carbocycles. The maximum absolute atomic E-state index is 12.8. The van der Waals surface area contributed by atoms with Crippen LogP contribution in [0.15, 0.2) is 46.2 Å². The summed E-state index contributed by atoms with van der Waals surface area (Å²) < 4.78 is 43.8. The van der Waals surface area contributed by atoms with Crippen LogP contribution in [0.3, 0.4) is 0 Å². The first-order chi connectivity index (χ1) is 14.5. The Hall–Kier alpha value is -2.66. The molecule has 0 aliphatic heterocycles. The molecular weight excluding hydrogens is 451 g/mol. The summed E-state index contributed by atoms with van der Waals surface area (Å²) in [7, 11) is 0. The van der Waals surface area contributed by atoms with E-state index < -0.39 is 22.6 Å². The summed E-state index contributed by atoms with van der Waals surface area (Å²) in [6.07, 6.45) is -2.92. The Kier molecular flexibility index (Phi) is 6.85. The number of benzene rings is 1. The molecule has 0 bridgehead atoms. The van der Waals surface area contributed by atoms with Gasteiger partial charge in [0.15, 0.2) is 10.2 Å². The molecule has 2 heterocycles. The van der Waals surface area contributed by atoms with Crippen molar-refractivity contribution >= 4 is 29.1 Å². The smallest absolute Gasteiger partial charge is 0.433 e. The van der Waals surface area contributed by atoms with Crippen LogP contribution in [0.1, 0.15) is 25.2 Å². The fraction of sp³-hybridized carbons (Fsp3) is 0.300. The number of carboxylic acids is 1. The molecule has 1 aromatic carbocycles. The molecule has 164 valence electrons. The first-order valence-electron chi connectivity index (χ1n) is 9.05. The Morgan fingerprint density at radius 3 is 2.52 bits per heavy atom. The lowest BCUT2D eigenvalue weighted by Crippen LogP contribution is -2.26. The summed E-state index contributed by atoms with van der Waals surface area (Å²) in [6.45, 7) is 3.59. The van der Waals surface area contributed by atoms with E-state index in [4.69, 9.17) is 4.74 Å². The van der Waals surface area contributed by atoms with Crippen molar-refractivity contribution in [1.82, 2.24) is 15.0 Å². The molecule has 3 rings (SSSR count). The second-order valence-electron chi connectivity index (χ2n) is 6.91. The highest BCUT2D eigenvalue weighted by molar-refractivity contribution is 8.02. The molecule has 2 aromatic heterocycles. The number of hydrogen-bond donors (Lipinski definition) is 1. The number of hydrogen-bond acceptors (Lipinski definition) is 7. The second kappa shape index (κ2) is 9.23. The molecule has 0 saturated heterocycles. The highest BCUT2D eigenvalue weighted by Crippen LogP contribution is 2.34. The zero-order valence-electron chi connectivity index (χ0n) is 16.5. The molecule has 0 spiro atoms. The van der Waals surface area contributed by atoms with Crippen LogP contribution in [-0.2, 0) is 17.4 Å². The first kappa shape index (κ1) is 23.0. The van der Waals surface area contributed by atoms with Crippen LogP contribution in [-0.4, -0.2) is 37.4 Å². The van der Waals surface area contributed by atoms with Crippen LogP contribution in [0.4, 0.5) is 13.2 Å². The summed E-state index contributed by atoms with van der Waals surface area (Å²) in [5.74, 6) is -0.373. The SMILES string of the molecule is CC(C)(Sc1nc(CCOc2ccc(-c3nccc(C(F)(F)F)n3)cc2)cs1)C(=O)O. The fourth-order valence-corrected chi connectivity index (χ4v) is 4.57. The van der Waals surface area contributed by atoms with Crippen molar-refractivity contribution in [2.75, 3.05) is 6.61 Å². The number of aromatic nitrogens is 3. The molecule has 0 aliphatic carbocycles. The summed E-state index contributed by atoms with van der Waals surface area (Å²) in [5, 5.41) is 11.1. The van der Waals surface area contributed by atoms with Crippen LogP contribution < -0.4 is 4.74 Å². The lowest BCUT2D eigenvalue weighted by molar-refractivity contribution is -0.141. The zero-order chi connectivity index (χ0) is 22.6. The molecule has 6 nitrogen and oxygen atoms in total. The number of alkyl halides is 3. The van der Waals surface area contributed by atoms with E-state index in [1.165, 1.54) is 23.1 Å². The van der Waals surface area contributed by atoms with Gasteiger partial charge < -0.3 is 9.84 Å². The average Bonchev–Trinajstić information content (AvgIpc) is 3.14. The van der Waals surface area contributed by atoms with Gasteiger partial charge in [-0.3, -0.25) is 4.79 Å². The third-order valence-electron chi connectivity index (χ3n) is 4.07. The third kappa shape index (κ3) is 6.17. The standard InChI is InChI=1S/C20H18F3N3O3S2/c1-19(2,17(27)28)31-18-25-13(11-30-18)8-10-29-14-5-3-12(4-6-14)16-24-9-7-15(26-16)20(21,22)23/h3-7,9,11H,8,10H2,1-2H3,(H,27,28). The highest BCUT2D eigenvalue weighted by Gasteiger charge is 2.33. The summed E-state index contributed by atoms with van der Waals surface area (Å²) in [5.41, 5.74) is 0.244. The van der Waals surface area contributed by atoms with Gasteiger partial charge in [0.1, 0.15) is 16.2 Å². The zero-order valence-corrected chi connectivity index (χ0v) is 18.1. The largest absolute Gasteiger partial charge is 0.493 e. The van der Waals surface area contributed by atoms with Crippen LogP contribution in [0.25, 0.3) is 11.4 Å². The average molecular weight is 470 g/mol. The van der Waals surface area contributed by atoms with Gasteiger partial charge in [0.2, 0.25) is 0 Å². The molecule has 0 unspecified atom stereocenters. The van der Waals surface area contributed by atoms with Crippen LogP contribution in [0.2, 0.25) is 0 Å². The first-order valence-corrected chi connectivity index (χ1v) is 10.7. The Balaban J connectivity index is 1.55. The lowest BCUT2D eigenvalue weighted by atomic mass is 10.2. The lowest BCUT2D eigenvalue weighted by Gasteiger charge is -2.15. The van der Waals surface area contributed by atoms with E-state index in [0.717, 1.165) is 18.0 Å². The molecule has 31 heavy (non-hydrogen) atoms. The minimum atomic E-state index is -4.53. The van der Waals surface area contributed by atoms with Crippen molar-refractivity contribution in [3.05, 3.63) is 53.3 Å². The number of aliphatic carboxylic acids is 1. The molecule has 0 fully saturated rings. The van der Waals surface area contributed by atoms with E-state index in [2.05, 4.69) is 15.0 Å². The number of nitrogens with zero attached hydrogens (tertiary/aromatic N) is 3. The van der Waals surface area contributed by atoms with E-state index >= 15 is 0 Å². The monoisotopic (exact) mass is 469 g/mol. The van der Waals surface area contributed by atoms with Gasteiger partial charge in [0.25, 0.3) is 0 Å². The van der Waals surface area contributed by atoms with Gasteiger partial charge in [-0.1, -0.05) is 11.8 Å². The van der Waals surface area contributed by atoms with E-state index in [1.807, 2.05) is 5.38 Å². The number of halogens is 3. The maximum atomic E-state index is 12.8. The van der Waals surface area contributed by atoms with Crippen molar-refractivity contribution in [2.45, 2.75) is 35.5 Å². The third-order valence-corrected chi connectivity index (χ3v) is 6.25. The van der Waals surface area contributed by atoms with Crippen molar-refractivity contribution in [2.24, 2.45) is 0 Å². The number of carboxylic acid groups (broad SMARTS) is 1. The Bertz CT molecular complexity index is 1050. The van der Waals surface area contributed by atoms with E-state index in [-0.39, 0.29) is 5.82 Å². The van der Waals surface area contributed by atoms with Crippen molar-refractivity contribution in [1.29, 1.82) is 0 Å². The highest BCUT2D eigenvalue weighted by atomic mass is 32.2. The minimum absolute atomic E-state index is 0.0156. The second-order valence-corrected chi connectivity index (χ2v) is 9.64. The number of thioether (sulfide) groups is 1. The fourth-order valence-electron chi connectivity index (χ4n) is 2.34. The number of rotatable bonds is 8. The van der Waals surface area contributed by atoms with Gasteiger partial charge in [-0.15, -0.1) is 11.3 Å². The molecule has 0 radical (unpaired) electrons. The van der Waals surface area contributed by atoms with Crippen LogP contribution >= 0.6 is 23.1 Å². The normalized spacial score (nSPS) is 12.0. The maximum Gasteiger partial charge on any atom is 0.433 e. The summed E-state index contributed by atoms with van der Waals surface area (Å²) >= 11 is 2.57. The van der Waals surface area contributed by atoms with Gasteiger partial charge in [-0.2, -0.15) is 13.2 Å². The van der Waals surface area contributed by atoms with Crippen LogP contribution in [0, 0.1) is 0 Å². The molecule has 11 heteroatoms. The predicted molar refractivity (Wildman–Crippen MR) is 111 cm³/mol. The number of thiazole rings is 1. The van der Waals surface area contributed by atoms with E-state index in [9.17, 15) is 23.1 Å². The van der Waals surface area contributed by atoms with Gasteiger partial charge in [0, 0.05) is 23.6 Å². The predicted octanol–water partition coefficient (Wildman–Crippen LogP) is 5.20. The number of ether oxygens (including phenoxy) is 1. The summed E-state index contributed by atoms with van der Waals surface area (Å²) in [4.78, 5) is 23.1. The van der Waals surface area contributed by atoms with Crippen molar-refractivity contribution in [3.8, 4) is 17.1 Å². The van der Waals surface area contributed by atoms with Crippen molar-refractivity contribution < 1.29 is 27.8 Å². The number of carbonyl (C=O) groups is 1. The minimum Gasteiger partial charge on any atom is -0.493 e. The molecule has 0 atom stereocenters. The molecule has 0 amide bonds. The molecular formula is C20H18F3N3O3S2. The van der Waals surface area contributed by atoms with E-state index in [0.29, 0.717) is 28.7 Å². The topological polar surface area (TPSA) is 85.2 Å². The Labute approximate surface area is 184 Å². The van der Waals surface area contributed by atoms with Gasteiger partial charge >= 0.3 is 12.1 Å². The van der Waals surface area contributed by atoms with Gasteiger partial charge in [-0.05, 0) is 44.2 Å². The summed E-state index contributed by atoms with van der Waals surface area (Å²) in [6, 6.07) is 7.28. The Morgan fingerprint density at radius 2 is 1.87 bits per heavy atom. The molecule has 1 N–H and O–H groups in total. The van der Waals surface area contributed by atoms with Gasteiger partial charge in [0.05, 0.1) is 12.3 Å². The molecule has 0 aliphatic rings. The molecule has 3 aromatic rings. The van der Waals surface area contributed by atoms with E-state index in [1.54, 1.807) is 38.1 Å². The van der Waals surface area contributed by atoms with Crippen molar-refractivity contribution in [3.63, 3.8) is 0 Å². The quantitative estimate of drug-likeness (QED) is 0.454. The Morgan fingerprint density at radius 1 is 1.16 bits per heavy atom. The van der Waals surface area contributed by atoms with Gasteiger partial charge in [-0.25, -0.2) is 15.0 Å². The van der Waals surface area contributed by atoms with Crippen LogP contribution in [0.5, 0.6) is 5.75 Å².